The SMILES string of the molecule is C[CH2][Al+2].C[CH2][Al+2].[Cl-].[Cl-].[Cl-].[Cl-]. The normalized spacial score (nSPS) is 3.80. The van der Waals surface area contributed by atoms with Gasteiger partial charge in [-0.3, -0.25) is 0 Å². The van der Waals surface area contributed by atoms with E-state index in [2.05, 4.69) is 46.4 Å². The summed E-state index contributed by atoms with van der Waals surface area (Å²) in [5, 5.41) is 2.33. The Morgan fingerprint density at radius 2 is 0.700 bits per heavy atom. The quantitative estimate of drug-likeness (QED) is 0.377. The monoisotopic (exact) mass is 252 g/mol. The van der Waals surface area contributed by atoms with Crippen LogP contribution in [0.5, 0.6) is 0 Å². The molecule has 0 spiro atoms. The van der Waals surface area contributed by atoms with Crippen LogP contribution in [0.15, 0.2) is 0 Å². The molecule has 0 rings (SSSR count). The first-order valence-electron chi connectivity index (χ1n) is 2.23. The zero-order chi connectivity index (χ0) is 5.41. The van der Waals surface area contributed by atoms with Crippen LogP contribution in [0.2, 0.25) is 10.6 Å². The molecule has 0 aromatic carbocycles. The van der Waals surface area contributed by atoms with Gasteiger partial charge in [-0.1, -0.05) is 0 Å². The van der Waals surface area contributed by atoms with Gasteiger partial charge in [0.2, 0.25) is 0 Å². The molecule has 60 valence electrons. The van der Waals surface area contributed by atoms with Crippen LogP contribution in [-0.2, 0) is 0 Å². The molecule has 0 aromatic heterocycles. The van der Waals surface area contributed by atoms with Crippen molar-refractivity contribution in [3.63, 3.8) is 0 Å². The van der Waals surface area contributed by atoms with Crippen LogP contribution in [-0.4, -0.2) is 32.6 Å². The molecule has 0 bridgehead atoms. The van der Waals surface area contributed by atoms with Crippen LogP contribution in [0, 0.1) is 0 Å². The van der Waals surface area contributed by atoms with E-state index in [1.807, 2.05) is 0 Å². The molecule has 0 saturated heterocycles. The van der Waals surface area contributed by atoms with Gasteiger partial charge >= 0.3 is 57.0 Å². The molecule has 0 N–H and O–H groups in total. The molecular formula is C4H10Al2Cl4. The van der Waals surface area contributed by atoms with Crippen molar-refractivity contribution in [2.24, 2.45) is 0 Å². The Morgan fingerprint density at radius 1 is 0.700 bits per heavy atom. The number of hydrogen-bond donors (Lipinski definition) is 0. The number of hydrogen-bond acceptors (Lipinski definition) is 0. The van der Waals surface area contributed by atoms with Gasteiger partial charge in [-0.15, -0.1) is 0 Å². The fourth-order valence-corrected chi connectivity index (χ4v) is 0. The summed E-state index contributed by atoms with van der Waals surface area (Å²) in [6.45, 7) is 4.18. The first-order chi connectivity index (χ1) is 2.83. The average Bonchev–Trinajstić information content (AvgIpc) is 1.39. The zero-order valence-corrected chi connectivity index (χ0v) is 11.4. The Morgan fingerprint density at radius 3 is 0.700 bits per heavy atom. The molecule has 0 nitrogen and oxygen atoms in total. The zero-order valence-electron chi connectivity index (χ0n) is 6.08. The maximum atomic E-state index is 2.58. The van der Waals surface area contributed by atoms with Gasteiger partial charge in [0.05, 0.1) is 0 Å². The van der Waals surface area contributed by atoms with Crippen LogP contribution >= 0.6 is 0 Å². The standard InChI is InChI=1S/2C2H5.2Al.4ClH/c2*1-2;;;;;;/h2*1H2,2H3;;;4*1H/q;;2*+2;;;;/p-4. The molecule has 0 amide bonds. The van der Waals surface area contributed by atoms with Crippen LogP contribution in [0.1, 0.15) is 13.8 Å². The maximum absolute atomic E-state index is 2.58. The van der Waals surface area contributed by atoms with Gasteiger partial charge in [-0.25, -0.2) is 0 Å². The van der Waals surface area contributed by atoms with Gasteiger partial charge in [0, 0.05) is 0 Å². The van der Waals surface area contributed by atoms with Crippen LogP contribution in [0.25, 0.3) is 0 Å². The molecule has 10 heavy (non-hydrogen) atoms. The summed E-state index contributed by atoms with van der Waals surface area (Å²) < 4.78 is 0. The Labute approximate surface area is 106 Å². The second-order valence-corrected chi connectivity index (χ2v) is 2.45. The van der Waals surface area contributed by atoms with E-state index in [9.17, 15) is 0 Å². The molecule has 0 radical (unpaired) electrons. The first-order valence-corrected chi connectivity index (χ1v) is 3.86. The predicted octanol–water partition coefficient (Wildman–Crippen LogP) is -10.8. The molecule has 0 fully saturated rings. The van der Waals surface area contributed by atoms with Gasteiger partial charge in [0.15, 0.2) is 0 Å². The van der Waals surface area contributed by atoms with Crippen molar-refractivity contribution >= 4 is 32.6 Å². The minimum Gasteiger partial charge on any atom is -1.00 e. The second-order valence-electron chi connectivity index (χ2n) is 0.816. The molecule has 0 aliphatic heterocycles. The largest absolute Gasteiger partial charge is 1.00 e. The van der Waals surface area contributed by atoms with E-state index in [1.165, 1.54) is 10.6 Å². The van der Waals surface area contributed by atoms with Crippen molar-refractivity contribution in [3.05, 3.63) is 0 Å². The molecule has 0 aromatic rings. The second kappa shape index (κ2) is 65.7. The smallest absolute Gasteiger partial charge is 1.00 e. The number of halogens is 4. The minimum absolute atomic E-state index is 0. The summed E-state index contributed by atoms with van der Waals surface area (Å²) in [6, 6.07) is 0. The van der Waals surface area contributed by atoms with E-state index in [-0.39, 0.29) is 49.6 Å². The van der Waals surface area contributed by atoms with Gasteiger partial charge in [-0.2, -0.15) is 0 Å². The summed E-state index contributed by atoms with van der Waals surface area (Å²) in [5.74, 6) is 0. The van der Waals surface area contributed by atoms with Crippen molar-refractivity contribution in [2.45, 2.75) is 24.4 Å². The van der Waals surface area contributed by atoms with E-state index in [1.54, 1.807) is 0 Å². The topological polar surface area (TPSA) is 0 Å². The van der Waals surface area contributed by atoms with Crippen molar-refractivity contribution in [3.8, 4) is 0 Å². The Bertz CT molecular complexity index is 17.2. The number of rotatable bonds is 0. The maximum Gasteiger partial charge on any atom is -1.00 e. The molecule has 6 heteroatoms. The third kappa shape index (κ3) is 176. The van der Waals surface area contributed by atoms with Crippen LogP contribution in [0.3, 0.4) is 0 Å². The molecule has 0 aliphatic carbocycles. The summed E-state index contributed by atoms with van der Waals surface area (Å²) in [6.07, 6.45) is 0. The molecule has 0 saturated carbocycles. The first kappa shape index (κ1) is 39.8. The Hall–Kier alpha value is 2.22. The molecule has 0 heterocycles. The van der Waals surface area contributed by atoms with E-state index in [0.717, 1.165) is 0 Å². The van der Waals surface area contributed by atoms with Gasteiger partial charge in [-0.05, 0) is 0 Å². The average molecular weight is 254 g/mol. The van der Waals surface area contributed by atoms with Gasteiger partial charge < -0.3 is 49.6 Å². The van der Waals surface area contributed by atoms with Crippen molar-refractivity contribution in [2.75, 3.05) is 0 Å². The van der Waals surface area contributed by atoms with E-state index < -0.39 is 0 Å². The van der Waals surface area contributed by atoms with E-state index in [0.29, 0.717) is 0 Å². The predicted molar refractivity (Wildman–Crippen MR) is 32.5 cm³/mol. The Balaban J connectivity index is -0.00000000571. The van der Waals surface area contributed by atoms with E-state index in [4.69, 9.17) is 0 Å². The van der Waals surface area contributed by atoms with Gasteiger partial charge in [0.1, 0.15) is 0 Å². The fraction of sp³-hybridized carbons (Fsp3) is 1.00. The van der Waals surface area contributed by atoms with E-state index >= 15 is 0 Å². The summed E-state index contributed by atoms with van der Waals surface area (Å²) in [4.78, 5) is 0. The third-order valence-electron chi connectivity index (χ3n) is 0. The molecule has 0 aliphatic rings. The van der Waals surface area contributed by atoms with Crippen molar-refractivity contribution in [1.29, 1.82) is 0 Å². The van der Waals surface area contributed by atoms with Gasteiger partial charge in [0.25, 0.3) is 0 Å². The summed E-state index contributed by atoms with van der Waals surface area (Å²) in [7, 11) is 0. The Kier molecular flexibility index (Phi) is 261. The fourth-order valence-electron chi connectivity index (χ4n) is 0. The van der Waals surface area contributed by atoms with Crippen molar-refractivity contribution < 1.29 is 49.6 Å². The molecule has 0 unspecified atom stereocenters. The minimum atomic E-state index is 0. The summed E-state index contributed by atoms with van der Waals surface area (Å²) in [5.41, 5.74) is 0. The molecule has 0 atom stereocenters. The summed E-state index contributed by atoms with van der Waals surface area (Å²) >= 11 is 5.16. The van der Waals surface area contributed by atoms with Crippen LogP contribution < -0.4 is 49.6 Å². The third-order valence-corrected chi connectivity index (χ3v) is 0. The van der Waals surface area contributed by atoms with Crippen LogP contribution in [0.4, 0.5) is 0 Å². The van der Waals surface area contributed by atoms with Crippen molar-refractivity contribution in [1.82, 2.24) is 0 Å². The molecular weight excluding hydrogens is 244 g/mol.